The minimum Gasteiger partial charge on any atom is -0.162 e. The van der Waals surface area contributed by atoms with Crippen LogP contribution in [0.25, 0.3) is 0 Å². The lowest BCUT2D eigenvalue weighted by molar-refractivity contribution is 0.218. The first-order chi connectivity index (χ1) is 6.33. The molecule has 1 aliphatic carbocycles. The van der Waals surface area contributed by atoms with E-state index >= 15 is 0 Å². The van der Waals surface area contributed by atoms with E-state index in [1.807, 2.05) is 0 Å². The van der Waals surface area contributed by atoms with Crippen molar-refractivity contribution in [3.8, 4) is 0 Å². The van der Waals surface area contributed by atoms with Crippen LogP contribution in [0.2, 0.25) is 0 Å². The Morgan fingerprint density at radius 2 is 1.92 bits per heavy atom. The number of alkyl halides is 1. The average molecular weight is 265 g/mol. The highest BCUT2D eigenvalue weighted by Crippen LogP contribution is 2.41. The molecule has 0 bridgehead atoms. The molecule has 0 atom stereocenters. The Bertz CT molecular complexity index is 130. The van der Waals surface area contributed by atoms with Gasteiger partial charge in [-0.1, -0.05) is 42.1 Å². The van der Waals surface area contributed by atoms with Gasteiger partial charge in [0.1, 0.15) is 0 Å². The van der Waals surface area contributed by atoms with Crippen molar-refractivity contribution in [1.82, 2.24) is 0 Å². The van der Waals surface area contributed by atoms with Crippen LogP contribution in [0.1, 0.15) is 45.4 Å². The van der Waals surface area contributed by atoms with E-state index in [9.17, 15) is 0 Å². The predicted molar refractivity (Wildman–Crippen MR) is 66.9 cm³/mol. The van der Waals surface area contributed by atoms with Crippen LogP contribution in [0.15, 0.2) is 0 Å². The summed E-state index contributed by atoms with van der Waals surface area (Å²) in [7, 11) is 0. The van der Waals surface area contributed by atoms with Crippen LogP contribution >= 0.6 is 27.7 Å². The Labute approximate surface area is 95.4 Å². The Kier molecular flexibility index (Phi) is 5.80. The van der Waals surface area contributed by atoms with Crippen LogP contribution in [-0.2, 0) is 0 Å². The van der Waals surface area contributed by atoms with Crippen LogP contribution < -0.4 is 0 Å². The minimum absolute atomic E-state index is 0.667. The Hall–Kier alpha value is 0.830. The number of halogens is 1. The minimum atomic E-state index is 0.667. The van der Waals surface area contributed by atoms with E-state index in [-0.39, 0.29) is 0 Å². The molecule has 0 radical (unpaired) electrons. The molecule has 1 rings (SSSR count). The van der Waals surface area contributed by atoms with E-state index in [0.717, 1.165) is 0 Å². The van der Waals surface area contributed by atoms with Gasteiger partial charge >= 0.3 is 0 Å². The highest BCUT2D eigenvalue weighted by Gasteiger charge is 2.29. The number of hydrogen-bond donors (Lipinski definition) is 0. The van der Waals surface area contributed by atoms with Gasteiger partial charge in [0.2, 0.25) is 0 Å². The zero-order valence-electron chi connectivity index (χ0n) is 8.65. The Morgan fingerprint density at radius 1 is 1.23 bits per heavy atom. The van der Waals surface area contributed by atoms with Crippen molar-refractivity contribution in [2.45, 2.75) is 45.4 Å². The molecule has 78 valence electrons. The van der Waals surface area contributed by atoms with Crippen molar-refractivity contribution in [1.29, 1.82) is 0 Å². The normalized spacial score (nSPS) is 21.7. The molecule has 0 nitrogen and oxygen atoms in total. The molecule has 1 fully saturated rings. The third-order valence-corrected chi connectivity index (χ3v) is 5.27. The fourth-order valence-electron chi connectivity index (χ4n) is 2.19. The summed E-state index contributed by atoms with van der Waals surface area (Å²) in [4.78, 5) is 0. The van der Waals surface area contributed by atoms with Gasteiger partial charge in [-0.3, -0.25) is 0 Å². The standard InChI is InChI=1S/C11H21BrS/c1-2-13-9-8-11(10-12)6-4-3-5-7-11/h2-10H2,1H3. The van der Waals surface area contributed by atoms with E-state index in [4.69, 9.17) is 0 Å². The van der Waals surface area contributed by atoms with Crippen molar-refractivity contribution in [2.75, 3.05) is 16.8 Å². The lowest BCUT2D eigenvalue weighted by atomic mass is 9.74. The summed E-state index contributed by atoms with van der Waals surface area (Å²) in [6.07, 6.45) is 8.74. The molecule has 0 aliphatic heterocycles. The summed E-state index contributed by atoms with van der Waals surface area (Å²) in [5.41, 5.74) is 0.667. The maximum absolute atomic E-state index is 3.71. The quantitative estimate of drug-likeness (QED) is 0.522. The van der Waals surface area contributed by atoms with Crippen molar-refractivity contribution in [2.24, 2.45) is 5.41 Å². The van der Waals surface area contributed by atoms with Crippen molar-refractivity contribution in [3.63, 3.8) is 0 Å². The van der Waals surface area contributed by atoms with Gasteiger partial charge in [-0.2, -0.15) is 11.8 Å². The van der Waals surface area contributed by atoms with Gasteiger partial charge in [0.05, 0.1) is 0 Å². The monoisotopic (exact) mass is 264 g/mol. The second-order valence-electron chi connectivity index (χ2n) is 4.14. The summed E-state index contributed by atoms with van der Waals surface area (Å²) in [5.74, 6) is 2.64. The summed E-state index contributed by atoms with van der Waals surface area (Å²) in [6.45, 7) is 2.26. The van der Waals surface area contributed by atoms with Crippen LogP contribution in [0.5, 0.6) is 0 Å². The topological polar surface area (TPSA) is 0 Å². The van der Waals surface area contributed by atoms with E-state index in [1.54, 1.807) is 0 Å². The molecule has 13 heavy (non-hydrogen) atoms. The van der Waals surface area contributed by atoms with Gasteiger partial charge in [-0.25, -0.2) is 0 Å². The number of thioether (sulfide) groups is 1. The maximum atomic E-state index is 3.71. The zero-order valence-corrected chi connectivity index (χ0v) is 11.1. The van der Waals surface area contributed by atoms with Crippen LogP contribution in [0.3, 0.4) is 0 Å². The van der Waals surface area contributed by atoms with E-state index < -0.39 is 0 Å². The molecule has 0 amide bonds. The molecule has 0 spiro atoms. The second kappa shape index (κ2) is 6.34. The van der Waals surface area contributed by atoms with E-state index in [1.165, 1.54) is 55.4 Å². The highest BCUT2D eigenvalue weighted by atomic mass is 79.9. The van der Waals surface area contributed by atoms with Crippen molar-refractivity contribution < 1.29 is 0 Å². The van der Waals surface area contributed by atoms with Gasteiger partial charge in [-0.15, -0.1) is 0 Å². The first-order valence-corrected chi connectivity index (χ1v) is 7.74. The summed E-state index contributed by atoms with van der Waals surface area (Å²) >= 11 is 5.81. The molecule has 0 aromatic rings. The summed E-state index contributed by atoms with van der Waals surface area (Å²) in [5, 5.41) is 1.23. The molecule has 0 unspecified atom stereocenters. The number of rotatable bonds is 5. The lowest BCUT2D eigenvalue weighted by Crippen LogP contribution is -2.26. The molecule has 1 aliphatic rings. The molecule has 0 saturated heterocycles. The first kappa shape index (κ1) is 11.9. The van der Waals surface area contributed by atoms with Gasteiger partial charge < -0.3 is 0 Å². The van der Waals surface area contributed by atoms with Gasteiger partial charge in [-0.05, 0) is 36.2 Å². The Morgan fingerprint density at radius 3 is 2.46 bits per heavy atom. The van der Waals surface area contributed by atoms with Gasteiger partial charge in [0.25, 0.3) is 0 Å². The van der Waals surface area contributed by atoms with Crippen molar-refractivity contribution >= 4 is 27.7 Å². The molecule has 2 heteroatoms. The van der Waals surface area contributed by atoms with Crippen LogP contribution in [0.4, 0.5) is 0 Å². The average Bonchev–Trinajstić information content (AvgIpc) is 2.20. The SMILES string of the molecule is CCSCCC1(CBr)CCCCC1. The molecular formula is C11H21BrS. The second-order valence-corrected chi connectivity index (χ2v) is 6.10. The molecule has 0 aromatic heterocycles. The lowest BCUT2D eigenvalue weighted by Gasteiger charge is -2.35. The smallest absolute Gasteiger partial charge is 0.00882 e. The molecule has 0 heterocycles. The third kappa shape index (κ3) is 3.83. The van der Waals surface area contributed by atoms with E-state index in [2.05, 4.69) is 34.6 Å². The maximum Gasteiger partial charge on any atom is 0.00882 e. The van der Waals surface area contributed by atoms with E-state index in [0.29, 0.717) is 5.41 Å². The highest BCUT2D eigenvalue weighted by molar-refractivity contribution is 9.09. The van der Waals surface area contributed by atoms with Crippen LogP contribution in [0, 0.1) is 5.41 Å². The fraction of sp³-hybridized carbons (Fsp3) is 1.00. The summed E-state index contributed by atoms with van der Waals surface area (Å²) in [6, 6.07) is 0. The predicted octanol–water partition coefficient (Wildman–Crippen LogP) is 4.48. The van der Waals surface area contributed by atoms with Gasteiger partial charge in [0.15, 0.2) is 0 Å². The Balaban J connectivity index is 2.29. The van der Waals surface area contributed by atoms with Gasteiger partial charge in [0, 0.05) is 5.33 Å². The van der Waals surface area contributed by atoms with Crippen LogP contribution in [-0.4, -0.2) is 16.8 Å². The third-order valence-electron chi connectivity index (χ3n) is 3.18. The number of hydrogen-bond acceptors (Lipinski definition) is 1. The molecule has 1 saturated carbocycles. The molecule has 0 N–H and O–H groups in total. The first-order valence-electron chi connectivity index (χ1n) is 5.47. The molecule has 0 aromatic carbocycles. The molecular weight excluding hydrogens is 244 g/mol. The largest absolute Gasteiger partial charge is 0.162 e. The summed E-state index contributed by atoms with van der Waals surface area (Å²) < 4.78 is 0. The zero-order chi connectivity index (χ0) is 9.57. The van der Waals surface area contributed by atoms with Crippen molar-refractivity contribution in [3.05, 3.63) is 0 Å². The fourth-order valence-corrected chi connectivity index (χ4v) is 3.89.